The highest BCUT2D eigenvalue weighted by Gasteiger charge is 2.31. The van der Waals surface area contributed by atoms with Crippen molar-refractivity contribution in [3.63, 3.8) is 0 Å². The summed E-state index contributed by atoms with van der Waals surface area (Å²) >= 11 is 0. The van der Waals surface area contributed by atoms with Gasteiger partial charge in [-0.2, -0.15) is 0 Å². The van der Waals surface area contributed by atoms with Crippen LogP contribution >= 0.6 is 0 Å². The average Bonchev–Trinajstić information content (AvgIpc) is 3.20. The largest absolute Gasteiger partial charge is 0.393 e. The van der Waals surface area contributed by atoms with Gasteiger partial charge in [0.2, 0.25) is 0 Å². The van der Waals surface area contributed by atoms with E-state index >= 15 is 0 Å². The topological polar surface area (TPSA) is 35.5 Å². The van der Waals surface area contributed by atoms with Gasteiger partial charge in [0.05, 0.1) is 6.10 Å². The zero-order chi connectivity index (χ0) is 13.7. The van der Waals surface area contributed by atoms with Crippen LogP contribution in [0.1, 0.15) is 52.4 Å². The van der Waals surface area contributed by atoms with Crippen LogP contribution in [0, 0.1) is 11.8 Å². The number of aliphatic hydroxyl groups is 1. The molecule has 0 aromatic carbocycles. The number of nitrogens with one attached hydrogen (secondary N) is 1. The highest BCUT2D eigenvalue weighted by atomic mass is 16.3. The summed E-state index contributed by atoms with van der Waals surface area (Å²) in [6, 6.07) is 0.640. The van der Waals surface area contributed by atoms with Crippen LogP contribution in [0.15, 0.2) is 0 Å². The Bertz CT molecular complexity index is 255. The van der Waals surface area contributed by atoms with Crippen LogP contribution in [0.25, 0.3) is 0 Å². The normalized spacial score (nSPS) is 30.5. The Morgan fingerprint density at radius 1 is 1.21 bits per heavy atom. The molecule has 112 valence electrons. The maximum Gasteiger partial charge on any atom is 0.0540 e. The fourth-order valence-electron chi connectivity index (χ4n) is 3.34. The van der Waals surface area contributed by atoms with E-state index in [9.17, 15) is 5.11 Å². The number of likely N-dealkylation sites (tertiary alicyclic amines) is 1. The lowest BCUT2D eigenvalue weighted by Gasteiger charge is -2.39. The monoisotopic (exact) mass is 268 g/mol. The second-order valence-corrected chi connectivity index (χ2v) is 6.71. The van der Waals surface area contributed by atoms with Crippen LogP contribution in [0.2, 0.25) is 0 Å². The molecule has 3 nitrogen and oxygen atoms in total. The molecule has 1 saturated carbocycles. The van der Waals surface area contributed by atoms with Crippen molar-refractivity contribution >= 4 is 0 Å². The third kappa shape index (κ3) is 5.41. The van der Waals surface area contributed by atoms with Gasteiger partial charge in [0.25, 0.3) is 0 Å². The second-order valence-electron chi connectivity index (χ2n) is 6.71. The zero-order valence-corrected chi connectivity index (χ0v) is 12.8. The number of hydrogen-bond acceptors (Lipinski definition) is 3. The lowest BCUT2D eigenvalue weighted by molar-refractivity contribution is 0.0818. The highest BCUT2D eigenvalue weighted by Crippen LogP contribution is 2.32. The minimum Gasteiger partial charge on any atom is -0.393 e. The molecule has 0 aromatic rings. The van der Waals surface area contributed by atoms with Crippen LogP contribution in [0.5, 0.6) is 0 Å². The van der Waals surface area contributed by atoms with Crippen LogP contribution in [0.3, 0.4) is 0 Å². The van der Waals surface area contributed by atoms with Gasteiger partial charge in [-0.15, -0.1) is 0 Å². The number of nitrogens with zero attached hydrogens (tertiary/aromatic N) is 1. The Labute approximate surface area is 118 Å². The lowest BCUT2D eigenvalue weighted by atomic mass is 9.88. The first-order chi connectivity index (χ1) is 9.21. The molecule has 1 saturated heterocycles. The summed E-state index contributed by atoms with van der Waals surface area (Å²) in [4.78, 5) is 2.65. The molecule has 0 radical (unpaired) electrons. The smallest absolute Gasteiger partial charge is 0.0540 e. The van der Waals surface area contributed by atoms with Crippen LogP contribution in [-0.2, 0) is 0 Å². The van der Waals surface area contributed by atoms with Crippen LogP contribution in [0.4, 0.5) is 0 Å². The molecular formula is C16H32N2O. The van der Waals surface area contributed by atoms with Crippen molar-refractivity contribution in [1.82, 2.24) is 10.2 Å². The summed E-state index contributed by atoms with van der Waals surface area (Å²) in [5.41, 5.74) is 0. The third-order valence-corrected chi connectivity index (χ3v) is 4.59. The first-order valence-electron chi connectivity index (χ1n) is 8.35. The summed E-state index contributed by atoms with van der Waals surface area (Å²) in [6.07, 6.45) is 7.11. The first kappa shape index (κ1) is 15.3. The van der Waals surface area contributed by atoms with Crippen molar-refractivity contribution < 1.29 is 5.11 Å². The Balaban J connectivity index is 1.82. The zero-order valence-electron chi connectivity index (χ0n) is 12.8. The van der Waals surface area contributed by atoms with E-state index < -0.39 is 0 Å². The first-order valence-corrected chi connectivity index (χ1v) is 8.35. The Morgan fingerprint density at radius 2 is 2.00 bits per heavy atom. The summed E-state index contributed by atoms with van der Waals surface area (Å²) < 4.78 is 0. The fraction of sp³-hybridized carbons (Fsp3) is 1.00. The van der Waals surface area contributed by atoms with E-state index in [1.54, 1.807) is 0 Å². The van der Waals surface area contributed by atoms with E-state index in [4.69, 9.17) is 0 Å². The van der Waals surface area contributed by atoms with Gasteiger partial charge in [-0.05, 0) is 56.9 Å². The van der Waals surface area contributed by atoms with Gasteiger partial charge >= 0.3 is 0 Å². The molecule has 19 heavy (non-hydrogen) atoms. The van der Waals surface area contributed by atoms with E-state index in [-0.39, 0.29) is 6.10 Å². The van der Waals surface area contributed by atoms with Crippen molar-refractivity contribution in [3.8, 4) is 0 Å². The van der Waals surface area contributed by atoms with Crippen LogP contribution in [-0.4, -0.2) is 48.3 Å². The molecule has 0 bridgehead atoms. The van der Waals surface area contributed by atoms with Gasteiger partial charge in [-0.25, -0.2) is 0 Å². The van der Waals surface area contributed by atoms with Gasteiger partial charge in [0, 0.05) is 25.7 Å². The average molecular weight is 268 g/mol. The maximum absolute atomic E-state index is 9.91. The Hall–Kier alpha value is -0.120. The van der Waals surface area contributed by atoms with Crippen LogP contribution < -0.4 is 5.32 Å². The van der Waals surface area contributed by atoms with Crippen molar-refractivity contribution in [2.45, 2.75) is 64.5 Å². The van der Waals surface area contributed by atoms with Gasteiger partial charge in [-0.3, -0.25) is 0 Å². The van der Waals surface area contributed by atoms with E-state index in [0.717, 1.165) is 25.3 Å². The molecule has 1 aliphatic carbocycles. The second kappa shape index (κ2) is 7.61. The van der Waals surface area contributed by atoms with E-state index in [1.807, 2.05) is 0 Å². The van der Waals surface area contributed by atoms with Gasteiger partial charge in [0.1, 0.15) is 0 Å². The standard InChI is InChI=1S/C16H32N2O/c1-3-7-17-15-8-14(9-16(19)4-2)11-18(12-15)10-13-5-6-13/h13-17,19H,3-12H2,1-2H3. The van der Waals surface area contributed by atoms with Crippen molar-refractivity contribution in [2.24, 2.45) is 11.8 Å². The van der Waals surface area contributed by atoms with E-state index in [0.29, 0.717) is 12.0 Å². The van der Waals surface area contributed by atoms with Crippen molar-refractivity contribution in [3.05, 3.63) is 0 Å². The van der Waals surface area contributed by atoms with Gasteiger partial charge < -0.3 is 15.3 Å². The Morgan fingerprint density at radius 3 is 2.63 bits per heavy atom. The van der Waals surface area contributed by atoms with Gasteiger partial charge in [-0.1, -0.05) is 13.8 Å². The predicted molar refractivity (Wildman–Crippen MR) is 80.3 cm³/mol. The molecule has 1 aliphatic heterocycles. The molecule has 2 N–H and O–H groups in total. The molecule has 0 spiro atoms. The fourth-order valence-corrected chi connectivity index (χ4v) is 3.34. The predicted octanol–water partition coefficient (Wildman–Crippen LogP) is 2.25. The van der Waals surface area contributed by atoms with Gasteiger partial charge in [0.15, 0.2) is 0 Å². The van der Waals surface area contributed by atoms with Crippen molar-refractivity contribution in [2.75, 3.05) is 26.2 Å². The minimum atomic E-state index is -0.0994. The summed E-state index contributed by atoms with van der Waals surface area (Å²) in [6.45, 7) is 9.17. The van der Waals surface area contributed by atoms with E-state index in [2.05, 4.69) is 24.1 Å². The molecule has 2 aliphatic rings. The quantitative estimate of drug-likeness (QED) is 0.709. The summed E-state index contributed by atoms with van der Waals surface area (Å²) in [7, 11) is 0. The number of aliphatic hydroxyl groups excluding tert-OH is 1. The minimum absolute atomic E-state index is 0.0994. The molecule has 0 amide bonds. The molecule has 3 heteroatoms. The third-order valence-electron chi connectivity index (χ3n) is 4.59. The highest BCUT2D eigenvalue weighted by molar-refractivity contribution is 4.87. The molecule has 1 heterocycles. The SMILES string of the molecule is CCCNC1CC(CC(O)CC)CN(CC2CC2)C1. The number of rotatable bonds is 8. The van der Waals surface area contributed by atoms with E-state index in [1.165, 1.54) is 45.3 Å². The summed E-state index contributed by atoms with van der Waals surface area (Å²) in [5, 5.41) is 13.6. The van der Waals surface area contributed by atoms with Crippen molar-refractivity contribution in [1.29, 1.82) is 0 Å². The number of hydrogen-bond donors (Lipinski definition) is 2. The molecule has 2 rings (SSSR count). The lowest BCUT2D eigenvalue weighted by Crippen LogP contribution is -2.50. The maximum atomic E-state index is 9.91. The molecule has 3 atom stereocenters. The number of piperidine rings is 1. The molecule has 2 fully saturated rings. The molecule has 0 aromatic heterocycles. The summed E-state index contributed by atoms with van der Waals surface area (Å²) in [5.74, 6) is 1.65. The molecular weight excluding hydrogens is 236 g/mol. The Kier molecular flexibility index (Phi) is 6.11. The molecule has 3 unspecified atom stereocenters.